The number of amides is 1. The minimum absolute atomic E-state index is 0.0590. The molecule has 7 nitrogen and oxygen atoms in total. The smallest absolute Gasteiger partial charge is 0.411 e. The van der Waals surface area contributed by atoms with Crippen molar-refractivity contribution in [3.8, 4) is 16.9 Å². The highest BCUT2D eigenvalue weighted by Crippen LogP contribution is 2.40. The van der Waals surface area contributed by atoms with Crippen LogP contribution in [-0.4, -0.2) is 41.3 Å². The second-order valence-corrected chi connectivity index (χ2v) is 9.65. The Morgan fingerprint density at radius 2 is 1.59 bits per heavy atom. The molecular weight excluding hydrogens is 468 g/mol. The molecule has 1 unspecified atom stereocenters. The molecule has 5 rings (SSSR count). The summed E-state index contributed by atoms with van der Waals surface area (Å²) >= 11 is 0. The van der Waals surface area contributed by atoms with Crippen molar-refractivity contribution in [2.75, 3.05) is 18.4 Å². The van der Waals surface area contributed by atoms with Gasteiger partial charge >= 0.3 is 12.1 Å². The number of carbonyl (C=O) groups is 2. The Morgan fingerprint density at radius 1 is 0.919 bits per heavy atom. The summed E-state index contributed by atoms with van der Waals surface area (Å²) in [6.07, 6.45) is 3.44. The molecule has 2 fully saturated rings. The van der Waals surface area contributed by atoms with Crippen LogP contribution in [0.3, 0.4) is 0 Å². The summed E-state index contributed by atoms with van der Waals surface area (Å²) in [6.45, 7) is 2.83. The third-order valence-electron chi connectivity index (χ3n) is 7.05. The predicted octanol–water partition coefficient (Wildman–Crippen LogP) is 5.79. The number of nitrogens with zero attached hydrogens (tertiary/aromatic N) is 1. The number of hydrogen-bond donors (Lipinski definition) is 2. The summed E-state index contributed by atoms with van der Waals surface area (Å²) in [6, 6.07) is 25.5. The number of hydrogen-bond acceptors (Lipinski definition) is 5. The number of anilines is 1. The molecule has 3 atom stereocenters. The van der Waals surface area contributed by atoms with Gasteiger partial charge in [-0.2, -0.15) is 0 Å². The fraction of sp³-hybridized carbons (Fsp3) is 0.267. The minimum atomic E-state index is -1.04. The van der Waals surface area contributed by atoms with Crippen LogP contribution in [0.2, 0.25) is 0 Å². The van der Waals surface area contributed by atoms with E-state index in [1.54, 1.807) is 0 Å². The molecule has 1 amide bonds. The second kappa shape index (κ2) is 11.3. The maximum absolute atomic E-state index is 12.7. The lowest BCUT2D eigenvalue weighted by molar-refractivity contribution is -0.131. The first-order valence-corrected chi connectivity index (χ1v) is 12.5. The highest BCUT2D eigenvalue weighted by Gasteiger charge is 2.42. The minimum Gasteiger partial charge on any atom is -0.478 e. The topological polar surface area (TPSA) is 88.1 Å². The first kappa shape index (κ1) is 24.6. The third-order valence-corrected chi connectivity index (χ3v) is 7.05. The normalized spacial score (nSPS) is 21.0. The van der Waals surface area contributed by atoms with Gasteiger partial charge in [-0.15, -0.1) is 0 Å². The van der Waals surface area contributed by atoms with E-state index in [1.165, 1.54) is 11.8 Å². The van der Waals surface area contributed by atoms with Crippen molar-refractivity contribution in [3.63, 3.8) is 0 Å². The van der Waals surface area contributed by atoms with E-state index in [9.17, 15) is 9.59 Å². The van der Waals surface area contributed by atoms with Gasteiger partial charge in [0.05, 0.1) is 18.0 Å². The molecule has 1 saturated heterocycles. The number of aliphatic carboxylic acids is 1. The molecular formula is C30H30N2O5. The maximum Gasteiger partial charge on any atom is 0.411 e. The average Bonchev–Trinajstić information content (AvgIpc) is 3.43. The molecule has 0 aromatic heterocycles. The third kappa shape index (κ3) is 6.37. The van der Waals surface area contributed by atoms with Gasteiger partial charge in [0.25, 0.3) is 0 Å². The number of para-hydroxylation sites is 1. The Hall–Kier alpha value is -4.10. The molecule has 2 N–H and O–H groups in total. The van der Waals surface area contributed by atoms with Crippen molar-refractivity contribution in [3.05, 3.63) is 96.8 Å². The van der Waals surface area contributed by atoms with E-state index >= 15 is 0 Å². The molecule has 190 valence electrons. The number of fused-ring (bicyclic) bond motifs is 1. The number of carboxylic acids is 1. The maximum atomic E-state index is 12.7. The monoisotopic (exact) mass is 498 g/mol. The fourth-order valence-electron chi connectivity index (χ4n) is 5.42. The van der Waals surface area contributed by atoms with Crippen molar-refractivity contribution < 1.29 is 24.2 Å². The zero-order valence-corrected chi connectivity index (χ0v) is 20.5. The number of carboxylic acid groups (broad SMARTS) is 1. The fourth-order valence-corrected chi connectivity index (χ4v) is 5.42. The average molecular weight is 499 g/mol. The lowest BCUT2D eigenvalue weighted by Gasteiger charge is -2.20. The lowest BCUT2D eigenvalue weighted by atomic mass is 10.0. The summed E-state index contributed by atoms with van der Waals surface area (Å²) in [5.41, 5.74) is 3.94. The molecule has 2 aliphatic rings. The molecule has 1 heterocycles. The summed E-state index contributed by atoms with van der Waals surface area (Å²) < 4.78 is 11.1. The summed E-state index contributed by atoms with van der Waals surface area (Å²) in [4.78, 5) is 25.7. The van der Waals surface area contributed by atoms with Crippen molar-refractivity contribution in [2.24, 2.45) is 11.8 Å². The van der Waals surface area contributed by atoms with E-state index in [1.807, 2.05) is 78.9 Å². The van der Waals surface area contributed by atoms with E-state index in [0.29, 0.717) is 17.6 Å². The Morgan fingerprint density at radius 3 is 2.30 bits per heavy atom. The van der Waals surface area contributed by atoms with Gasteiger partial charge in [-0.05, 0) is 54.0 Å². The number of ether oxygens (including phenoxy) is 2. The Kier molecular flexibility index (Phi) is 7.51. The van der Waals surface area contributed by atoms with E-state index in [2.05, 4.69) is 10.2 Å². The molecule has 1 aliphatic heterocycles. The number of likely N-dealkylation sites (tertiary alicyclic amines) is 1. The lowest BCUT2D eigenvalue weighted by Crippen LogP contribution is -2.25. The molecule has 1 saturated carbocycles. The van der Waals surface area contributed by atoms with Crippen molar-refractivity contribution in [2.45, 2.75) is 25.5 Å². The van der Waals surface area contributed by atoms with Gasteiger partial charge in [0.15, 0.2) is 0 Å². The first-order chi connectivity index (χ1) is 18.0. The highest BCUT2D eigenvalue weighted by molar-refractivity contribution is 5.91. The van der Waals surface area contributed by atoms with Crippen LogP contribution >= 0.6 is 0 Å². The molecule has 1 aliphatic carbocycles. The van der Waals surface area contributed by atoms with Crippen LogP contribution in [0.1, 0.15) is 18.4 Å². The number of benzene rings is 3. The van der Waals surface area contributed by atoms with Crippen LogP contribution in [0, 0.1) is 11.8 Å². The van der Waals surface area contributed by atoms with E-state index in [0.717, 1.165) is 55.4 Å². The standard InChI is InChI=1S/C30H30N2O5/c33-29(34)14-15-36-25-12-10-21(11-13-25)18-32-19-23-16-26(17-24(23)20-32)37-30(35)31-28-9-5-4-8-27(28)22-6-2-1-3-7-22/h1-15,23-24,26H,16-20H2,(H,31,35)(H,33,34)/b15-14+/t23-,24+,26?. The summed E-state index contributed by atoms with van der Waals surface area (Å²) in [7, 11) is 0. The molecule has 37 heavy (non-hydrogen) atoms. The van der Waals surface area contributed by atoms with Crippen LogP contribution in [0.4, 0.5) is 10.5 Å². The van der Waals surface area contributed by atoms with Crippen LogP contribution in [0.25, 0.3) is 11.1 Å². The van der Waals surface area contributed by atoms with Gasteiger partial charge in [-0.3, -0.25) is 10.2 Å². The number of carbonyl (C=O) groups excluding carboxylic acids is 1. The molecule has 0 bridgehead atoms. The van der Waals surface area contributed by atoms with E-state index in [4.69, 9.17) is 14.6 Å². The molecule has 0 radical (unpaired) electrons. The first-order valence-electron chi connectivity index (χ1n) is 12.5. The largest absolute Gasteiger partial charge is 0.478 e. The Bertz CT molecular complexity index is 1240. The van der Waals surface area contributed by atoms with Gasteiger partial charge < -0.3 is 14.6 Å². The van der Waals surface area contributed by atoms with Gasteiger partial charge in [0, 0.05) is 25.2 Å². The van der Waals surface area contributed by atoms with Gasteiger partial charge in [0.1, 0.15) is 11.9 Å². The quantitative estimate of drug-likeness (QED) is 0.302. The van der Waals surface area contributed by atoms with Crippen molar-refractivity contribution in [1.82, 2.24) is 4.90 Å². The molecule has 3 aromatic rings. The van der Waals surface area contributed by atoms with Crippen LogP contribution in [-0.2, 0) is 16.1 Å². The molecule has 7 heteroatoms. The zero-order chi connectivity index (χ0) is 25.6. The van der Waals surface area contributed by atoms with Gasteiger partial charge in [0.2, 0.25) is 0 Å². The number of nitrogens with one attached hydrogen (secondary N) is 1. The summed E-state index contributed by atoms with van der Waals surface area (Å²) in [5.74, 6) is 0.610. The van der Waals surface area contributed by atoms with Crippen LogP contribution in [0.15, 0.2) is 91.2 Å². The zero-order valence-electron chi connectivity index (χ0n) is 20.5. The molecule has 0 spiro atoms. The Labute approximate surface area is 216 Å². The number of rotatable bonds is 8. The van der Waals surface area contributed by atoms with Crippen molar-refractivity contribution in [1.29, 1.82) is 0 Å². The predicted molar refractivity (Wildman–Crippen MR) is 141 cm³/mol. The SMILES string of the molecule is O=C(O)/C=C/Oc1ccc(CN2C[C@H]3CC(OC(=O)Nc4ccccc4-c4ccccc4)C[C@H]3C2)cc1. The second-order valence-electron chi connectivity index (χ2n) is 9.65. The van der Waals surface area contributed by atoms with E-state index < -0.39 is 12.1 Å². The van der Waals surface area contributed by atoms with Gasteiger partial charge in [-0.1, -0.05) is 60.7 Å². The summed E-state index contributed by atoms with van der Waals surface area (Å²) in [5, 5.41) is 11.6. The van der Waals surface area contributed by atoms with E-state index in [-0.39, 0.29) is 6.10 Å². The van der Waals surface area contributed by atoms with Crippen molar-refractivity contribution >= 4 is 17.7 Å². The Balaban J connectivity index is 1.09. The molecule has 3 aromatic carbocycles. The van der Waals surface area contributed by atoms with Gasteiger partial charge in [-0.25, -0.2) is 9.59 Å². The van der Waals surface area contributed by atoms with Crippen LogP contribution in [0.5, 0.6) is 5.75 Å². The highest BCUT2D eigenvalue weighted by atomic mass is 16.6. The van der Waals surface area contributed by atoms with Crippen LogP contribution < -0.4 is 10.1 Å².